The molecular formula is C14H11BrClNO2. The molecule has 2 aromatic carbocycles. The van der Waals surface area contributed by atoms with Crippen molar-refractivity contribution in [1.29, 1.82) is 0 Å². The highest BCUT2D eigenvalue weighted by molar-refractivity contribution is 9.10. The van der Waals surface area contributed by atoms with Crippen molar-refractivity contribution >= 4 is 39.2 Å². The molecule has 2 rings (SSSR count). The number of halogens is 2. The van der Waals surface area contributed by atoms with Crippen molar-refractivity contribution in [1.82, 2.24) is 0 Å². The Hall–Kier alpha value is -1.52. The van der Waals surface area contributed by atoms with Gasteiger partial charge in [-0.1, -0.05) is 23.7 Å². The molecular weight excluding hydrogens is 330 g/mol. The van der Waals surface area contributed by atoms with Gasteiger partial charge in [0.25, 0.3) is 0 Å². The minimum Gasteiger partial charge on any atom is -0.478 e. The number of benzene rings is 2. The van der Waals surface area contributed by atoms with Gasteiger partial charge in [-0.25, -0.2) is 4.79 Å². The minimum atomic E-state index is -0.919. The summed E-state index contributed by atoms with van der Waals surface area (Å²) in [5, 5.41) is 12.7. The van der Waals surface area contributed by atoms with Crippen LogP contribution in [-0.2, 0) is 6.54 Å². The first-order valence-electron chi connectivity index (χ1n) is 5.57. The van der Waals surface area contributed by atoms with Crippen molar-refractivity contribution < 1.29 is 9.90 Å². The third-order valence-electron chi connectivity index (χ3n) is 2.61. The van der Waals surface area contributed by atoms with Gasteiger partial charge in [0.1, 0.15) is 0 Å². The average molecular weight is 341 g/mol. The Labute approximate surface area is 124 Å². The molecule has 0 spiro atoms. The Morgan fingerprint density at radius 3 is 2.53 bits per heavy atom. The summed E-state index contributed by atoms with van der Waals surface area (Å²) in [6.45, 7) is 0.596. The number of hydrogen-bond acceptors (Lipinski definition) is 2. The minimum absolute atomic E-state index is 0.285. The molecule has 0 aliphatic carbocycles. The van der Waals surface area contributed by atoms with E-state index in [1.165, 1.54) is 0 Å². The smallest absolute Gasteiger partial charge is 0.335 e. The van der Waals surface area contributed by atoms with E-state index in [1.54, 1.807) is 30.3 Å². The first kappa shape index (κ1) is 13.9. The van der Waals surface area contributed by atoms with Gasteiger partial charge in [-0.2, -0.15) is 0 Å². The summed E-state index contributed by atoms with van der Waals surface area (Å²) >= 11 is 9.36. The van der Waals surface area contributed by atoms with E-state index in [1.807, 2.05) is 12.1 Å². The lowest BCUT2D eigenvalue weighted by Crippen LogP contribution is -2.01. The summed E-state index contributed by atoms with van der Waals surface area (Å²) in [6.07, 6.45) is 0. The van der Waals surface area contributed by atoms with Crippen LogP contribution in [-0.4, -0.2) is 11.1 Å². The number of aromatic carboxylic acids is 1. The molecule has 0 saturated heterocycles. The van der Waals surface area contributed by atoms with Gasteiger partial charge in [0.2, 0.25) is 0 Å². The second-order valence-electron chi connectivity index (χ2n) is 3.98. The normalized spacial score (nSPS) is 10.2. The lowest BCUT2D eigenvalue weighted by molar-refractivity contribution is 0.0697. The maximum atomic E-state index is 10.7. The summed E-state index contributed by atoms with van der Waals surface area (Å²) in [5.74, 6) is -0.919. The van der Waals surface area contributed by atoms with Crippen molar-refractivity contribution in [3.8, 4) is 0 Å². The zero-order valence-electron chi connectivity index (χ0n) is 9.86. The molecule has 0 aliphatic heterocycles. The molecule has 0 unspecified atom stereocenters. The molecule has 98 valence electrons. The van der Waals surface area contributed by atoms with Crippen LogP contribution in [0, 0.1) is 0 Å². The Morgan fingerprint density at radius 2 is 1.89 bits per heavy atom. The van der Waals surface area contributed by atoms with Crippen LogP contribution >= 0.6 is 27.5 Å². The molecule has 0 atom stereocenters. The molecule has 0 amide bonds. The molecule has 0 aromatic heterocycles. The van der Waals surface area contributed by atoms with Gasteiger partial charge in [-0.3, -0.25) is 0 Å². The zero-order valence-corrected chi connectivity index (χ0v) is 12.2. The van der Waals surface area contributed by atoms with E-state index in [2.05, 4.69) is 21.2 Å². The number of anilines is 1. The number of carboxylic acid groups (broad SMARTS) is 1. The van der Waals surface area contributed by atoms with Crippen LogP contribution in [0.1, 0.15) is 15.9 Å². The predicted molar refractivity (Wildman–Crippen MR) is 79.9 cm³/mol. The van der Waals surface area contributed by atoms with Gasteiger partial charge in [-0.05, 0) is 51.8 Å². The summed E-state index contributed by atoms with van der Waals surface area (Å²) in [5.41, 5.74) is 2.18. The molecule has 2 aromatic rings. The summed E-state index contributed by atoms with van der Waals surface area (Å²) < 4.78 is 0.930. The number of carboxylic acids is 1. The van der Waals surface area contributed by atoms with Crippen LogP contribution in [0.25, 0.3) is 0 Å². The van der Waals surface area contributed by atoms with Gasteiger partial charge in [0.05, 0.1) is 11.3 Å². The van der Waals surface area contributed by atoms with Crippen LogP contribution in [0.2, 0.25) is 5.02 Å². The maximum Gasteiger partial charge on any atom is 0.335 e. The molecule has 5 heteroatoms. The van der Waals surface area contributed by atoms with E-state index < -0.39 is 5.97 Å². The van der Waals surface area contributed by atoms with Gasteiger partial charge in [0, 0.05) is 16.0 Å². The standard InChI is InChI=1S/C14H11BrClNO2/c15-12-6-5-11(16)7-13(12)17-8-9-1-3-10(4-2-9)14(18)19/h1-7,17H,8H2,(H,18,19). The van der Waals surface area contributed by atoms with E-state index >= 15 is 0 Å². The predicted octanol–water partition coefficient (Wildman–Crippen LogP) is 4.41. The molecule has 0 heterocycles. The second-order valence-corrected chi connectivity index (χ2v) is 5.27. The van der Waals surface area contributed by atoms with Gasteiger partial charge in [-0.15, -0.1) is 0 Å². The number of nitrogens with one attached hydrogen (secondary N) is 1. The lowest BCUT2D eigenvalue weighted by Gasteiger charge is -2.09. The first-order valence-corrected chi connectivity index (χ1v) is 6.74. The van der Waals surface area contributed by atoms with Crippen molar-refractivity contribution in [3.05, 3.63) is 63.1 Å². The summed E-state index contributed by atoms with van der Waals surface area (Å²) in [7, 11) is 0. The zero-order chi connectivity index (χ0) is 13.8. The van der Waals surface area contributed by atoms with E-state index in [4.69, 9.17) is 16.7 Å². The molecule has 3 nitrogen and oxygen atoms in total. The van der Waals surface area contributed by atoms with Crippen LogP contribution in [0.3, 0.4) is 0 Å². The fraction of sp³-hybridized carbons (Fsp3) is 0.0714. The van der Waals surface area contributed by atoms with Crippen LogP contribution < -0.4 is 5.32 Å². The quantitative estimate of drug-likeness (QED) is 0.866. The Bertz CT molecular complexity index is 599. The average Bonchev–Trinajstić information content (AvgIpc) is 2.40. The van der Waals surface area contributed by atoms with E-state index in [0.717, 1.165) is 15.7 Å². The highest BCUT2D eigenvalue weighted by Gasteiger charge is 2.03. The summed E-state index contributed by atoms with van der Waals surface area (Å²) in [4.78, 5) is 10.7. The van der Waals surface area contributed by atoms with Crippen molar-refractivity contribution in [2.24, 2.45) is 0 Å². The van der Waals surface area contributed by atoms with Crippen molar-refractivity contribution in [2.75, 3.05) is 5.32 Å². The van der Waals surface area contributed by atoms with Gasteiger partial charge in [0.15, 0.2) is 0 Å². The second kappa shape index (κ2) is 6.08. The highest BCUT2D eigenvalue weighted by Crippen LogP contribution is 2.26. The van der Waals surface area contributed by atoms with Crippen LogP contribution in [0.5, 0.6) is 0 Å². The maximum absolute atomic E-state index is 10.7. The highest BCUT2D eigenvalue weighted by atomic mass is 79.9. The topological polar surface area (TPSA) is 49.3 Å². The summed E-state index contributed by atoms with van der Waals surface area (Å²) in [6, 6.07) is 12.3. The number of carbonyl (C=O) groups is 1. The molecule has 0 fully saturated rings. The molecule has 0 bridgehead atoms. The van der Waals surface area contributed by atoms with E-state index in [9.17, 15) is 4.79 Å². The number of rotatable bonds is 4. The van der Waals surface area contributed by atoms with Gasteiger partial charge >= 0.3 is 5.97 Å². The fourth-order valence-corrected chi connectivity index (χ4v) is 2.15. The monoisotopic (exact) mass is 339 g/mol. The number of hydrogen-bond donors (Lipinski definition) is 2. The third kappa shape index (κ3) is 3.72. The van der Waals surface area contributed by atoms with Crippen molar-refractivity contribution in [3.63, 3.8) is 0 Å². The third-order valence-corrected chi connectivity index (χ3v) is 3.54. The van der Waals surface area contributed by atoms with Crippen LogP contribution in [0.15, 0.2) is 46.9 Å². The largest absolute Gasteiger partial charge is 0.478 e. The fourth-order valence-electron chi connectivity index (χ4n) is 1.60. The molecule has 19 heavy (non-hydrogen) atoms. The Morgan fingerprint density at radius 1 is 1.21 bits per heavy atom. The molecule has 0 saturated carbocycles. The van der Waals surface area contributed by atoms with E-state index in [-0.39, 0.29) is 5.56 Å². The Kier molecular flexibility index (Phi) is 4.45. The SMILES string of the molecule is O=C(O)c1ccc(CNc2cc(Cl)ccc2Br)cc1. The van der Waals surface area contributed by atoms with E-state index in [0.29, 0.717) is 11.6 Å². The lowest BCUT2D eigenvalue weighted by atomic mass is 10.1. The first-order chi connectivity index (χ1) is 9.06. The Balaban J connectivity index is 2.06. The van der Waals surface area contributed by atoms with Crippen LogP contribution in [0.4, 0.5) is 5.69 Å². The van der Waals surface area contributed by atoms with Gasteiger partial charge < -0.3 is 10.4 Å². The molecule has 2 N–H and O–H groups in total. The molecule has 0 aliphatic rings. The van der Waals surface area contributed by atoms with Crippen molar-refractivity contribution in [2.45, 2.75) is 6.54 Å². The molecule has 0 radical (unpaired) electrons.